The van der Waals surface area contributed by atoms with Crippen LogP contribution in [0.4, 0.5) is 17.3 Å². The van der Waals surface area contributed by atoms with E-state index in [1.54, 1.807) is 0 Å². The standard InChI is InChI=1S/C20H17N3O2/c1-11(2)12-6-5-7-13(10-12)21-18-15-9-4-3-8-14(15)16-17(24)20(25)23-19(16)22-18/h3-11H,1-2H3,(H2,21,22,23,24,25). The van der Waals surface area contributed by atoms with E-state index in [4.69, 9.17) is 0 Å². The zero-order valence-corrected chi connectivity index (χ0v) is 14.0. The van der Waals surface area contributed by atoms with Crippen LogP contribution in [0.15, 0.2) is 48.5 Å². The third-order valence-corrected chi connectivity index (χ3v) is 4.39. The van der Waals surface area contributed by atoms with Crippen molar-refractivity contribution in [3.63, 3.8) is 0 Å². The van der Waals surface area contributed by atoms with E-state index in [9.17, 15) is 9.59 Å². The maximum atomic E-state index is 12.1. The van der Waals surface area contributed by atoms with Gasteiger partial charge in [0.15, 0.2) is 0 Å². The second-order valence-electron chi connectivity index (χ2n) is 6.42. The Morgan fingerprint density at radius 2 is 1.76 bits per heavy atom. The van der Waals surface area contributed by atoms with Crippen molar-refractivity contribution in [1.82, 2.24) is 4.98 Å². The van der Waals surface area contributed by atoms with Crippen molar-refractivity contribution in [3.8, 4) is 0 Å². The Morgan fingerprint density at radius 1 is 1.00 bits per heavy atom. The number of Topliss-reactive ketones (excluding diaryl/α,β-unsaturated/α-hetero) is 1. The number of nitrogens with zero attached hydrogens (tertiary/aromatic N) is 1. The van der Waals surface area contributed by atoms with E-state index in [0.29, 0.717) is 23.1 Å². The number of amides is 1. The number of hydrogen-bond acceptors (Lipinski definition) is 4. The third kappa shape index (κ3) is 2.54. The van der Waals surface area contributed by atoms with Gasteiger partial charge in [-0.2, -0.15) is 0 Å². The maximum absolute atomic E-state index is 12.1. The molecule has 0 bridgehead atoms. The van der Waals surface area contributed by atoms with Gasteiger partial charge in [-0.15, -0.1) is 0 Å². The number of pyridine rings is 1. The quantitative estimate of drug-likeness (QED) is 0.704. The molecule has 0 atom stereocenters. The van der Waals surface area contributed by atoms with Crippen LogP contribution < -0.4 is 10.6 Å². The molecule has 0 saturated heterocycles. The Morgan fingerprint density at radius 3 is 2.52 bits per heavy atom. The van der Waals surface area contributed by atoms with E-state index in [2.05, 4.69) is 41.6 Å². The fraction of sp³-hybridized carbons (Fsp3) is 0.150. The summed E-state index contributed by atoms with van der Waals surface area (Å²) in [5, 5.41) is 7.41. The second-order valence-corrected chi connectivity index (χ2v) is 6.42. The maximum Gasteiger partial charge on any atom is 0.298 e. The predicted molar refractivity (Wildman–Crippen MR) is 98.5 cm³/mol. The van der Waals surface area contributed by atoms with E-state index >= 15 is 0 Å². The van der Waals surface area contributed by atoms with Gasteiger partial charge in [-0.25, -0.2) is 4.98 Å². The summed E-state index contributed by atoms with van der Waals surface area (Å²) in [6.07, 6.45) is 0. The first-order chi connectivity index (χ1) is 12.0. The van der Waals surface area contributed by atoms with Gasteiger partial charge in [-0.05, 0) is 23.6 Å². The normalized spacial score (nSPS) is 13.2. The summed E-state index contributed by atoms with van der Waals surface area (Å²) < 4.78 is 0. The molecule has 0 radical (unpaired) electrons. The van der Waals surface area contributed by atoms with Gasteiger partial charge in [0.2, 0.25) is 0 Å². The lowest BCUT2D eigenvalue weighted by atomic mass is 10.0. The molecule has 1 aromatic heterocycles. The number of aromatic nitrogens is 1. The zero-order valence-electron chi connectivity index (χ0n) is 14.0. The van der Waals surface area contributed by atoms with Gasteiger partial charge >= 0.3 is 0 Å². The van der Waals surface area contributed by atoms with E-state index in [0.717, 1.165) is 16.5 Å². The monoisotopic (exact) mass is 331 g/mol. The Balaban J connectivity index is 1.85. The van der Waals surface area contributed by atoms with Gasteiger partial charge in [-0.1, -0.05) is 50.2 Å². The molecule has 2 heterocycles. The molecule has 1 aliphatic rings. The van der Waals surface area contributed by atoms with Gasteiger partial charge in [-0.3, -0.25) is 9.59 Å². The predicted octanol–water partition coefficient (Wildman–Crippen LogP) is 4.24. The average molecular weight is 331 g/mol. The van der Waals surface area contributed by atoms with Crippen LogP contribution in [0.1, 0.15) is 35.7 Å². The van der Waals surface area contributed by atoms with Crippen LogP contribution in [0.25, 0.3) is 10.8 Å². The number of rotatable bonds is 3. The minimum atomic E-state index is -0.633. The first-order valence-electron chi connectivity index (χ1n) is 8.20. The number of nitrogens with one attached hydrogen (secondary N) is 2. The van der Waals surface area contributed by atoms with Crippen LogP contribution in [0, 0.1) is 0 Å². The number of carbonyl (C=O) groups is 2. The van der Waals surface area contributed by atoms with Crippen LogP contribution in [0.2, 0.25) is 0 Å². The van der Waals surface area contributed by atoms with Gasteiger partial charge < -0.3 is 10.6 Å². The fourth-order valence-corrected chi connectivity index (χ4v) is 3.07. The molecule has 0 saturated carbocycles. The molecule has 2 N–H and O–H groups in total. The molecule has 5 heteroatoms. The van der Waals surface area contributed by atoms with Crippen LogP contribution in [0.3, 0.4) is 0 Å². The highest BCUT2D eigenvalue weighted by atomic mass is 16.2. The molecule has 1 amide bonds. The van der Waals surface area contributed by atoms with Crippen molar-refractivity contribution in [1.29, 1.82) is 0 Å². The van der Waals surface area contributed by atoms with E-state index in [1.807, 2.05) is 36.4 Å². The van der Waals surface area contributed by atoms with Crippen molar-refractivity contribution in [2.45, 2.75) is 19.8 Å². The highest BCUT2D eigenvalue weighted by Crippen LogP contribution is 2.34. The molecule has 0 fully saturated rings. The number of anilines is 3. The summed E-state index contributed by atoms with van der Waals surface area (Å²) in [7, 11) is 0. The lowest BCUT2D eigenvalue weighted by molar-refractivity contribution is -0.112. The molecule has 0 spiro atoms. The minimum absolute atomic E-state index is 0.316. The summed E-state index contributed by atoms with van der Waals surface area (Å²) in [6, 6.07) is 15.6. The summed E-state index contributed by atoms with van der Waals surface area (Å²) >= 11 is 0. The SMILES string of the molecule is CC(C)c1cccc(Nc2nc3c(c4ccccc24)C(=O)C(=O)N3)c1. The Hall–Kier alpha value is -3.21. The summed E-state index contributed by atoms with van der Waals surface area (Å²) in [5.74, 6) is 0.184. The molecule has 3 aromatic rings. The van der Waals surface area contributed by atoms with Crippen molar-refractivity contribution in [3.05, 3.63) is 59.7 Å². The number of fused-ring (bicyclic) bond motifs is 3. The van der Waals surface area contributed by atoms with E-state index in [1.165, 1.54) is 5.56 Å². The topological polar surface area (TPSA) is 71.1 Å². The largest absolute Gasteiger partial charge is 0.340 e. The molecule has 4 rings (SSSR count). The molecule has 1 aliphatic heterocycles. The molecule has 0 aliphatic carbocycles. The van der Waals surface area contributed by atoms with Crippen molar-refractivity contribution in [2.24, 2.45) is 0 Å². The zero-order chi connectivity index (χ0) is 17.6. The average Bonchev–Trinajstić information content (AvgIpc) is 2.89. The fourth-order valence-electron chi connectivity index (χ4n) is 3.07. The molecule has 2 aromatic carbocycles. The highest BCUT2D eigenvalue weighted by Gasteiger charge is 2.32. The Kier molecular flexibility index (Phi) is 3.50. The van der Waals surface area contributed by atoms with Crippen molar-refractivity contribution < 1.29 is 9.59 Å². The summed E-state index contributed by atoms with van der Waals surface area (Å²) in [4.78, 5) is 28.4. The number of hydrogen-bond donors (Lipinski definition) is 2. The second kappa shape index (κ2) is 5.70. The van der Waals surface area contributed by atoms with Crippen molar-refractivity contribution >= 4 is 39.8 Å². The minimum Gasteiger partial charge on any atom is -0.340 e. The Bertz CT molecular complexity index is 1020. The van der Waals surface area contributed by atoms with Crippen molar-refractivity contribution in [2.75, 3.05) is 10.6 Å². The van der Waals surface area contributed by atoms with Gasteiger partial charge in [0.25, 0.3) is 11.7 Å². The molecule has 5 nitrogen and oxygen atoms in total. The molecule has 124 valence electrons. The molecule has 25 heavy (non-hydrogen) atoms. The van der Waals surface area contributed by atoms with Crippen LogP contribution in [-0.4, -0.2) is 16.7 Å². The number of carbonyl (C=O) groups excluding carboxylic acids is 2. The van der Waals surface area contributed by atoms with Gasteiger partial charge in [0, 0.05) is 16.5 Å². The van der Waals surface area contributed by atoms with Crippen LogP contribution in [0.5, 0.6) is 0 Å². The van der Waals surface area contributed by atoms with Crippen LogP contribution in [-0.2, 0) is 4.79 Å². The lowest BCUT2D eigenvalue weighted by Gasteiger charge is -2.13. The lowest BCUT2D eigenvalue weighted by Crippen LogP contribution is -2.12. The van der Waals surface area contributed by atoms with Gasteiger partial charge in [0.1, 0.15) is 11.6 Å². The first kappa shape index (κ1) is 15.3. The van der Waals surface area contributed by atoms with E-state index < -0.39 is 11.7 Å². The van der Waals surface area contributed by atoms with Crippen LogP contribution >= 0.6 is 0 Å². The number of benzene rings is 2. The third-order valence-electron chi connectivity index (χ3n) is 4.39. The molecular weight excluding hydrogens is 314 g/mol. The molecular formula is C20H17N3O2. The smallest absolute Gasteiger partial charge is 0.298 e. The summed E-state index contributed by atoms with van der Waals surface area (Å²) in [5.41, 5.74) is 2.49. The number of ketones is 1. The summed E-state index contributed by atoms with van der Waals surface area (Å²) in [6.45, 7) is 4.28. The first-order valence-corrected chi connectivity index (χ1v) is 8.20. The molecule has 0 unspecified atom stereocenters. The van der Waals surface area contributed by atoms with Gasteiger partial charge in [0.05, 0.1) is 5.56 Å². The highest BCUT2D eigenvalue weighted by molar-refractivity contribution is 6.53. The van der Waals surface area contributed by atoms with E-state index in [-0.39, 0.29) is 0 Å². The Labute approximate surface area is 145 Å².